The van der Waals surface area contributed by atoms with Crippen molar-refractivity contribution in [3.63, 3.8) is 0 Å². The minimum atomic E-state index is -0.787. The van der Waals surface area contributed by atoms with Gasteiger partial charge in [0.05, 0.1) is 0 Å². The first-order chi connectivity index (χ1) is 13.0. The molecule has 0 aromatic heterocycles. The zero-order valence-corrected chi connectivity index (χ0v) is 15.7. The predicted octanol–water partition coefficient (Wildman–Crippen LogP) is 5.57. The predicted molar refractivity (Wildman–Crippen MR) is 108 cm³/mol. The van der Waals surface area contributed by atoms with Crippen molar-refractivity contribution >= 4 is 5.97 Å². The molecular formula is C24H24O3. The number of hydrogen-bond donors (Lipinski definition) is 1. The monoisotopic (exact) mass is 360 g/mol. The first-order valence-corrected chi connectivity index (χ1v) is 9.12. The highest BCUT2D eigenvalue weighted by Crippen LogP contribution is 2.28. The van der Waals surface area contributed by atoms with Crippen LogP contribution < -0.4 is 4.74 Å². The molecule has 3 rings (SSSR count). The molecule has 0 bridgehead atoms. The van der Waals surface area contributed by atoms with Crippen LogP contribution in [-0.4, -0.2) is 11.1 Å². The Bertz CT molecular complexity index is 924. The highest BCUT2D eigenvalue weighted by atomic mass is 16.5. The fraction of sp³-hybridized carbons (Fsp3) is 0.208. The molecule has 0 amide bonds. The van der Waals surface area contributed by atoms with Crippen LogP contribution in [0.4, 0.5) is 0 Å². The number of carboxylic acid groups (broad SMARTS) is 1. The lowest BCUT2D eigenvalue weighted by molar-refractivity contribution is -0.136. The van der Waals surface area contributed by atoms with E-state index in [9.17, 15) is 4.79 Å². The maximum absolute atomic E-state index is 10.7. The molecular weight excluding hydrogens is 336 g/mol. The van der Waals surface area contributed by atoms with Crippen LogP contribution in [0.5, 0.6) is 5.75 Å². The molecule has 3 heteroatoms. The van der Waals surface area contributed by atoms with Gasteiger partial charge in [0.2, 0.25) is 0 Å². The summed E-state index contributed by atoms with van der Waals surface area (Å²) in [5, 5.41) is 8.82. The first kappa shape index (κ1) is 18.7. The van der Waals surface area contributed by atoms with E-state index in [1.807, 2.05) is 24.3 Å². The molecule has 3 aromatic rings. The Balaban J connectivity index is 1.72. The van der Waals surface area contributed by atoms with Gasteiger partial charge in [0.25, 0.3) is 0 Å². The molecule has 0 unspecified atom stereocenters. The Labute approximate surface area is 160 Å². The van der Waals surface area contributed by atoms with Crippen molar-refractivity contribution in [1.29, 1.82) is 0 Å². The molecule has 1 N–H and O–H groups in total. The topological polar surface area (TPSA) is 46.5 Å². The van der Waals surface area contributed by atoms with Crippen molar-refractivity contribution in [3.8, 4) is 16.9 Å². The van der Waals surface area contributed by atoms with Crippen LogP contribution in [-0.2, 0) is 17.8 Å². The third kappa shape index (κ3) is 4.98. The maximum Gasteiger partial charge on any atom is 0.303 e. The molecule has 0 spiro atoms. The summed E-state index contributed by atoms with van der Waals surface area (Å²) in [4.78, 5) is 10.7. The molecule has 0 atom stereocenters. The van der Waals surface area contributed by atoms with Crippen molar-refractivity contribution in [2.24, 2.45) is 0 Å². The number of benzene rings is 3. The van der Waals surface area contributed by atoms with Crippen LogP contribution in [0.1, 0.15) is 28.7 Å². The lowest BCUT2D eigenvalue weighted by atomic mass is 9.95. The van der Waals surface area contributed by atoms with Gasteiger partial charge in [0.15, 0.2) is 0 Å². The van der Waals surface area contributed by atoms with Gasteiger partial charge in [0.1, 0.15) is 12.4 Å². The van der Waals surface area contributed by atoms with Crippen LogP contribution in [0.15, 0.2) is 66.7 Å². The fourth-order valence-electron chi connectivity index (χ4n) is 3.30. The quantitative estimate of drug-likeness (QED) is 0.599. The van der Waals surface area contributed by atoms with Gasteiger partial charge >= 0.3 is 5.97 Å². The number of hydrogen-bond acceptors (Lipinski definition) is 2. The summed E-state index contributed by atoms with van der Waals surface area (Å²) >= 11 is 0. The van der Waals surface area contributed by atoms with E-state index < -0.39 is 5.97 Å². The van der Waals surface area contributed by atoms with Gasteiger partial charge in [-0.15, -0.1) is 0 Å². The van der Waals surface area contributed by atoms with Gasteiger partial charge in [-0.3, -0.25) is 4.79 Å². The molecule has 27 heavy (non-hydrogen) atoms. The minimum Gasteiger partial charge on any atom is -0.489 e. The van der Waals surface area contributed by atoms with Crippen LogP contribution in [0.25, 0.3) is 11.1 Å². The van der Waals surface area contributed by atoms with E-state index in [4.69, 9.17) is 9.84 Å². The van der Waals surface area contributed by atoms with Crippen molar-refractivity contribution in [2.75, 3.05) is 0 Å². The van der Waals surface area contributed by atoms with Gasteiger partial charge < -0.3 is 9.84 Å². The molecule has 0 aliphatic rings. The van der Waals surface area contributed by atoms with Crippen molar-refractivity contribution < 1.29 is 14.6 Å². The number of carbonyl (C=O) groups is 1. The van der Waals surface area contributed by atoms with Gasteiger partial charge in [0, 0.05) is 6.42 Å². The Hall–Kier alpha value is -3.07. The Morgan fingerprint density at radius 2 is 1.56 bits per heavy atom. The van der Waals surface area contributed by atoms with Crippen LogP contribution >= 0.6 is 0 Å². The molecule has 138 valence electrons. The summed E-state index contributed by atoms with van der Waals surface area (Å²) in [6, 6.07) is 22.4. The van der Waals surface area contributed by atoms with E-state index in [1.165, 1.54) is 22.3 Å². The average molecular weight is 360 g/mol. The molecule has 0 radical (unpaired) electrons. The third-order valence-electron chi connectivity index (χ3n) is 4.63. The first-order valence-electron chi connectivity index (χ1n) is 9.12. The lowest BCUT2D eigenvalue weighted by Crippen LogP contribution is -1.99. The Kier molecular flexibility index (Phi) is 5.92. The smallest absolute Gasteiger partial charge is 0.303 e. The second-order valence-corrected chi connectivity index (χ2v) is 6.80. The van der Waals surface area contributed by atoms with Gasteiger partial charge in [-0.25, -0.2) is 0 Å². The van der Waals surface area contributed by atoms with E-state index in [2.05, 4.69) is 56.3 Å². The molecule has 3 aromatic carbocycles. The second kappa shape index (κ2) is 8.54. The summed E-state index contributed by atoms with van der Waals surface area (Å²) in [7, 11) is 0. The summed E-state index contributed by atoms with van der Waals surface area (Å²) in [6.07, 6.45) is 0.635. The summed E-state index contributed by atoms with van der Waals surface area (Å²) in [5.74, 6) is -0.0278. The van der Waals surface area contributed by atoms with Crippen LogP contribution in [0, 0.1) is 13.8 Å². The van der Waals surface area contributed by atoms with E-state index in [0.717, 1.165) is 16.9 Å². The van der Waals surface area contributed by atoms with E-state index in [-0.39, 0.29) is 6.42 Å². The van der Waals surface area contributed by atoms with Crippen molar-refractivity contribution in [3.05, 3.63) is 89.0 Å². The number of aryl methyl sites for hydroxylation is 3. The molecule has 0 fully saturated rings. The maximum atomic E-state index is 10.7. The van der Waals surface area contributed by atoms with Crippen LogP contribution in [0.2, 0.25) is 0 Å². The SMILES string of the molecule is Cc1cccc(C)c1-c1cccc(COc2cccc(CCC(=O)O)c2)c1. The van der Waals surface area contributed by atoms with Gasteiger partial charge in [-0.05, 0) is 71.8 Å². The Morgan fingerprint density at radius 1 is 0.889 bits per heavy atom. The fourth-order valence-corrected chi connectivity index (χ4v) is 3.30. The third-order valence-corrected chi connectivity index (χ3v) is 4.63. The second-order valence-electron chi connectivity index (χ2n) is 6.80. The molecule has 0 saturated carbocycles. The average Bonchev–Trinajstić information content (AvgIpc) is 2.65. The number of carboxylic acids is 1. The molecule has 0 aliphatic heterocycles. The molecule has 0 heterocycles. The Morgan fingerprint density at radius 3 is 2.30 bits per heavy atom. The lowest BCUT2D eigenvalue weighted by Gasteiger charge is -2.12. The highest BCUT2D eigenvalue weighted by molar-refractivity contribution is 5.71. The van der Waals surface area contributed by atoms with E-state index in [0.29, 0.717) is 13.0 Å². The number of rotatable bonds is 7. The standard InChI is InChI=1S/C24H24O3/c1-17-6-3-7-18(2)24(17)21-10-4-9-20(14-21)16-27-22-11-5-8-19(15-22)12-13-23(25)26/h3-11,14-15H,12-13,16H2,1-2H3,(H,25,26). The minimum absolute atomic E-state index is 0.126. The molecule has 0 saturated heterocycles. The van der Waals surface area contributed by atoms with E-state index >= 15 is 0 Å². The van der Waals surface area contributed by atoms with Gasteiger partial charge in [-0.1, -0.05) is 48.5 Å². The van der Waals surface area contributed by atoms with Crippen LogP contribution in [0.3, 0.4) is 0 Å². The number of ether oxygens (including phenoxy) is 1. The summed E-state index contributed by atoms with van der Waals surface area (Å²) in [5.41, 5.74) is 7.07. The number of aliphatic carboxylic acids is 1. The zero-order chi connectivity index (χ0) is 19.2. The van der Waals surface area contributed by atoms with Gasteiger partial charge in [-0.2, -0.15) is 0 Å². The molecule has 0 aliphatic carbocycles. The van der Waals surface area contributed by atoms with Crippen molar-refractivity contribution in [1.82, 2.24) is 0 Å². The van der Waals surface area contributed by atoms with E-state index in [1.54, 1.807) is 0 Å². The largest absolute Gasteiger partial charge is 0.489 e. The van der Waals surface area contributed by atoms with Crippen molar-refractivity contribution in [2.45, 2.75) is 33.3 Å². The summed E-state index contributed by atoms with van der Waals surface area (Å²) < 4.78 is 5.94. The summed E-state index contributed by atoms with van der Waals surface area (Å²) in [6.45, 7) is 4.74. The highest BCUT2D eigenvalue weighted by Gasteiger charge is 2.07. The zero-order valence-electron chi connectivity index (χ0n) is 15.7. The molecule has 3 nitrogen and oxygen atoms in total. The normalized spacial score (nSPS) is 10.6.